The van der Waals surface area contributed by atoms with E-state index in [0.29, 0.717) is 24.3 Å². The summed E-state index contributed by atoms with van der Waals surface area (Å²) in [4.78, 5) is 35.8. The van der Waals surface area contributed by atoms with E-state index in [-0.39, 0.29) is 5.56 Å². The Bertz CT molecular complexity index is 780. The van der Waals surface area contributed by atoms with E-state index in [1.807, 2.05) is 0 Å². The molecule has 0 radical (unpaired) electrons. The first kappa shape index (κ1) is 21.0. The van der Waals surface area contributed by atoms with Crippen LogP contribution >= 0.6 is 0 Å². The van der Waals surface area contributed by atoms with Crippen LogP contribution in [0.25, 0.3) is 0 Å². The average molecular weight is 389 g/mol. The monoisotopic (exact) mass is 389 g/mol. The minimum Gasteiger partial charge on any atom is -0.493 e. The SMILES string of the molecule is COc1ccc(C(=O)NCC(=O)OCC(=O)NC2(C#N)CCCC2)cc1OC. The van der Waals surface area contributed by atoms with Gasteiger partial charge in [0.25, 0.3) is 11.8 Å². The predicted molar refractivity (Wildman–Crippen MR) is 97.8 cm³/mol. The van der Waals surface area contributed by atoms with E-state index < -0.39 is 36.5 Å². The van der Waals surface area contributed by atoms with Gasteiger partial charge in [-0.15, -0.1) is 0 Å². The molecular weight excluding hydrogens is 366 g/mol. The van der Waals surface area contributed by atoms with Gasteiger partial charge >= 0.3 is 5.97 Å². The first-order valence-corrected chi connectivity index (χ1v) is 8.81. The number of nitriles is 1. The van der Waals surface area contributed by atoms with Gasteiger partial charge in [-0.25, -0.2) is 0 Å². The zero-order valence-electron chi connectivity index (χ0n) is 15.9. The molecule has 0 spiro atoms. The van der Waals surface area contributed by atoms with E-state index >= 15 is 0 Å². The standard InChI is InChI=1S/C19H23N3O6/c1-26-14-6-5-13(9-15(14)27-2)18(25)21-10-17(24)28-11-16(23)22-19(12-20)7-3-4-8-19/h5-6,9H,3-4,7-8,10-11H2,1-2H3,(H,21,25)(H,22,23). The topological polar surface area (TPSA) is 127 Å². The first-order chi connectivity index (χ1) is 13.4. The van der Waals surface area contributed by atoms with Gasteiger partial charge in [0.2, 0.25) is 0 Å². The van der Waals surface area contributed by atoms with Gasteiger partial charge in [-0.2, -0.15) is 5.26 Å². The van der Waals surface area contributed by atoms with Crippen LogP contribution < -0.4 is 20.1 Å². The van der Waals surface area contributed by atoms with Gasteiger partial charge in [0.05, 0.1) is 20.3 Å². The molecule has 0 heterocycles. The molecule has 1 aliphatic carbocycles. The highest BCUT2D eigenvalue weighted by atomic mass is 16.5. The molecule has 0 unspecified atom stereocenters. The van der Waals surface area contributed by atoms with Crippen LogP contribution in [0.5, 0.6) is 11.5 Å². The number of esters is 1. The van der Waals surface area contributed by atoms with Crippen molar-refractivity contribution in [3.8, 4) is 17.6 Å². The maximum absolute atomic E-state index is 12.1. The lowest BCUT2D eigenvalue weighted by atomic mass is 10.00. The van der Waals surface area contributed by atoms with Crippen molar-refractivity contribution in [3.05, 3.63) is 23.8 Å². The number of hydrogen-bond donors (Lipinski definition) is 2. The van der Waals surface area contributed by atoms with Gasteiger partial charge in [-0.1, -0.05) is 0 Å². The molecule has 1 fully saturated rings. The largest absolute Gasteiger partial charge is 0.493 e. The zero-order valence-corrected chi connectivity index (χ0v) is 15.9. The molecule has 9 heteroatoms. The highest BCUT2D eigenvalue weighted by molar-refractivity contribution is 5.96. The van der Waals surface area contributed by atoms with Crippen molar-refractivity contribution in [2.75, 3.05) is 27.4 Å². The van der Waals surface area contributed by atoms with Crippen molar-refractivity contribution in [3.63, 3.8) is 0 Å². The molecule has 2 rings (SSSR count). The molecule has 0 aromatic heterocycles. The molecule has 1 aliphatic rings. The van der Waals surface area contributed by atoms with E-state index in [2.05, 4.69) is 16.7 Å². The van der Waals surface area contributed by atoms with Gasteiger partial charge in [0, 0.05) is 5.56 Å². The second-order valence-electron chi connectivity index (χ2n) is 6.36. The van der Waals surface area contributed by atoms with Crippen molar-refractivity contribution >= 4 is 17.8 Å². The van der Waals surface area contributed by atoms with Crippen LogP contribution in [0.1, 0.15) is 36.0 Å². The molecule has 1 aromatic rings. The third-order valence-electron chi connectivity index (χ3n) is 4.45. The van der Waals surface area contributed by atoms with E-state index in [1.165, 1.54) is 26.4 Å². The lowest BCUT2D eigenvalue weighted by Crippen LogP contribution is -2.47. The summed E-state index contributed by atoms with van der Waals surface area (Å²) in [5, 5.41) is 14.3. The van der Waals surface area contributed by atoms with Crippen molar-refractivity contribution in [1.29, 1.82) is 5.26 Å². The average Bonchev–Trinajstić information content (AvgIpc) is 3.18. The maximum atomic E-state index is 12.1. The number of ether oxygens (including phenoxy) is 3. The summed E-state index contributed by atoms with van der Waals surface area (Å²) in [6, 6.07) is 6.71. The van der Waals surface area contributed by atoms with E-state index in [9.17, 15) is 19.6 Å². The van der Waals surface area contributed by atoms with Crippen molar-refractivity contribution in [2.24, 2.45) is 0 Å². The Kier molecular flexibility index (Phi) is 7.21. The van der Waals surface area contributed by atoms with Gasteiger partial charge in [0.15, 0.2) is 18.1 Å². The summed E-state index contributed by atoms with van der Waals surface area (Å²) in [6.45, 7) is -0.904. The Balaban J connectivity index is 1.78. The molecule has 1 saturated carbocycles. The van der Waals surface area contributed by atoms with Crippen molar-refractivity contribution in [2.45, 2.75) is 31.2 Å². The second kappa shape index (κ2) is 9.60. The van der Waals surface area contributed by atoms with Crippen LogP contribution in [0.15, 0.2) is 18.2 Å². The second-order valence-corrected chi connectivity index (χ2v) is 6.36. The van der Waals surface area contributed by atoms with Gasteiger partial charge in [-0.05, 0) is 43.9 Å². The lowest BCUT2D eigenvalue weighted by Gasteiger charge is -2.21. The molecule has 28 heavy (non-hydrogen) atoms. The van der Waals surface area contributed by atoms with Crippen LogP contribution in [0, 0.1) is 11.3 Å². The Morgan fingerprint density at radius 2 is 1.82 bits per heavy atom. The molecular formula is C19H23N3O6. The Morgan fingerprint density at radius 3 is 2.43 bits per heavy atom. The molecule has 2 N–H and O–H groups in total. The third kappa shape index (κ3) is 5.36. The normalized spacial score (nSPS) is 14.5. The number of hydrogen-bond acceptors (Lipinski definition) is 7. The quantitative estimate of drug-likeness (QED) is 0.633. The number of amides is 2. The van der Waals surface area contributed by atoms with Crippen molar-refractivity contribution in [1.82, 2.24) is 10.6 Å². The number of nitrogens with one attached hydrogen (secondary N) is 2. The zero-order chi connectivity index (χ0) is 20.6. The molecule has 0 saturated heterocycles. The summed E-state index contributed by atoms with van der Waals surface area (Å²) in [7, 11) is 2.93. The molecule has 1 aromatic carbocycles. The smallest absolute Gasteiger partial charge is 0.325 e. The van der Waals surface area contributed by atoms with Crippen LogP contribution in [0.3, 0.4) is 0 Å². The third-order valence-corrected chi connectivity index (χ3v) is 4.45. The number of benzene rings is 1. The van der Waals surface area contributed by atoms with Gasteiger partial charge < -0.3 is 24.8 Å². The highest BCUT2D eigenvalue weighted by Crippen LogP contribution is 2.29. The summed E-state index contributed by atoms with van der Waals surface area (Å²) in [5.74, 6) is -0.948. The number of carbonyl (C=O) groups is 3. The van der Waals surface area contributed by atoms with Crippen LogP contribution in [0.2, 0.25) is 0 Å². The van der Waals surface area contributed by atoms with Gasteiger partial charge in [0.1, 0.15) is 12.1 Å². The number of methoxy groups -OCH3 is 2. The first-order valence-electron chi connectivity index (χ1n) is 8.81. The minimum absolute atomic E-state index is 0.278. The lowest BCUT2D eigenvalue weighted by molar-refractivity contribution is -0.147. The molecule has 0 atom stereocenters. The highest BCUT2D eigenvalue weighted by Gasteiger charge is 2.35. The van der Waals surface area contributed by atoms with E-state index in [0.717, 1.165) is 12.8 Å². The van der Waals surface area contributed by atoms with Crippen LogP contribution in [0.4, 0.5) is 0 Å². The number of nitrogens with zero attached hydrogens (tertiary/aromatic N) is 1. The van der Waals surface area contributed by atoms with Crippen LogP contribution in [-0.4, -0.2) is 50.7 Å². The summed E-state index contributed by atoms with van der Waals surface area (Å²) < 4.78 is 15.1. The summed E-state index contributed by atoms with van der Waals surface area (Å²) in [5.41, 5.74) is -0.592. The minimum atomic E-state index is -0.870. The number of rotatable bonds is 8. The predicted octanol–water partition coefficient (Wildman–Crippen LogP) is 0.929. The summed E-state index contributed by atoms with van der Waals surface area (Å²) >= 11 is 0. The maximum Gasteiger partial charge on any atom is 0.325 e. The molecule has 150 valence electrons. The Labute approximate surface area is 162 Å². The molecule has 9 nitrogen and oxygen atoms in total. The fourth-order valence-corrected chi connectivity index (χ4v) is 2.98. The Morgan fingerprint density at radius 1 is 1.14 bits per heavy atom. The fraction of sp³-hybridized carbons (Fsp3) is 0.474. The molecule has 0 aliphatic heterocycles. The summed E-state index contributed by atoms with van der Waals surface area (Å²) in [6.07, 6.45) is 2.92. The van der Waals surface area contributed by atoms with E-state index in [1.54, 1.807) is 6.07 Å². The molecule has 2 amide bonds. The number of carbonyl (C=O) groups excluding carboxylic acids is 3. The Hall–Kier alpha value is -3.28. The van der Waals surface area contributed by atoms with Crippen molar-refractivity contribution < 1.29 is 28.6 Å². The fourth-order valence-electron chi connectivity index (χ4n) is 2.98. The van der Waals surface area contributed by atoms with E-state index in [4.69, 9.17) is 14.2 Å². The van der Waals surface area contributed by atoms with Crippen LogP contribution in [-0.2, 0) is 14.3 Å². The molecule has 0 bridgehead atoms. The van der Waals surface area contributed by atoms with Gasteiger partial charge in [-0.3, -0.25) is 14.4 Å².